The van der Waals surface area contributed by atoms with Gasteiger partial charge in [-0.3, -0.25) is 0 Å². The van der Waals surface area contributed by atoms with Crippen molar-refractivity contribution < 1.29 is 13.5 Å². The minimum absolute atomic E-state index is 0.226. The molecule has 1 fully saturated rings. The van der Waals surface area contributed by atoms with Crippen molar-refractivity contribution in [3.05, 3.63) is 41.5 Å². The van der Waals surface area contributed by atoms with Crippen molar-refractivity contribution in [2.75, 3.05) is 37.5 Å². The fourth-order valence-corrected chi connectivity index (χ4v) is 3.91. The van der Waals surface area contributed by atoms with Crippen LogP contribution < -0.4 is 14.8 Å². The van der Waals surface area contributed by atoms with Crippen molar-refractivity contribution in [1.29, 1.82) is 0 Å². The van der Waals surface area contributed by atoms with E-state index >= 15 is 0 Å². The van der Waals surface area contributed by atoms with Crippen LogP contribution in [0, 0.1) is 11.6 Å². The first-order valence-corrected chi connectivity index (χ1v) is 10.4. The van der Waals surface area contributed by atoms with E-state index in [0.29, 0.717) is 23.5 Å². The molecule has 1 aliphatic rings. The lowest BCUT2D eigenvalue weighted by Gasteiger charge is -2.25. The second-order valence-electron chi connectivity index (χ2n) is 5.68. The minimum atomic E-state index is -0.855. The molecule has 1 aromatic heterocycles. The number of aromatic nitrogens is 2. The molecule has 2 aromatic rings. The number of ether oxygens (including phenoxy) is 1. The molecule has 1 aromatic carbocycles. The highest BCUT2D eigenvalue weighted by molar-refractivity contribution is 7.98. The molecule has 1 aliphatic heterocycles. The van der Waals surface area contributed by atoms with E-state index in [2.05, 4.69) is 24.3 Å². The molecule has 6 nitrogen and oxygen atoms in total. The highest BCUT2D eigenvalue weighted by Gasteiger charge is 2.13. The summed E-state index contributed by atoms with van der Waals surface area (Å²) < 4.78 is 38.1. The fourth-order valence-electron chi connectivity index (χ4n) is 2.39. The first-order chi connectivity index (χ1) is 13.2. The SMILES string of the molecule is CCOc1cc(NSN2CCNCC2)nc(SCc2cccc(F)c2F)n1. The van der Waals surface area contributed by atoms with Crippen LogP contribution in [0.3, 0.4) is 0 Å². The zero-order chi connectivity index (χ0) is 19.1. The third-order valence-corrected chi connectivity index (χ3v) is 5.54. The van der Waals surface area contributed by atoms with Crippen molar-refractivity contribution in [2.45, 2.75) is 17.8 Å². The number of rotatable bonds is 8. The van der Waals surface area contributed by atoms with Gasteiger partial charge in [0, 0.05) is 55.7 Å². The van der Waals surface area contributed by atoms with Crippen LogP contribution in [0.15, 0.2) is 29.4 Å². The van der Waals surface area contributed by atoms with Gasteiger partial charge in [-0.05, 0) is 13.0 Å². The van der Waals surface area contributed by atoms with Crippen LogP contribution in [0.2, 0.25) is 0 Å². The van der Waals surface area contributed by atoms with Crippen molar-refractivity contribution in [3.63, 3.8) is 0 Å². The number of hydrogen-bond acceptors (Lipinski definition) is 8. The highest BCUT2D eigenvalue weighted by Crippen LogP contribution is 2.27. The monoisotopic (exact) mass is 413 g/mol. The predicted octanol–water partition coefficient (Wildman–Crippen LogP) is 3.33. The van der Waals surface area contributed by atoms with Gasteiger partial charge >= 0.3 is 0 Å². The van der Waals surface area contributed by atoms with E-state index in [1.807, 2.05) is 6.92 Å². The first-order valence-electron chi connectivity index (χ1n) is 8.62. The Morgan fingerprint density at radius 2 is 2.07 bits per heavy atom. The third kappa shape index (κ3) is 5.93. The number of halogens is 2. The molecular weight excluding hydrogens is 392 g/mol. The van der Waals surface area contributed by atoms with Gasteiger partial charge in [0.15, 0.2) is 16.8 Å². The van der Waals surface area contributed by atoms with E-state index < -0.39 is 11.6 Å². The van der Waals surface area contributed by atoms with E-state index in [0.717, 1.165) is 32.2 Å². The maximum Gasteiger partial charge on any atom is 0.219 e. The number of anilines is 1. The summed E-state index contributed by atoms with van der Waals surface area (Å²) in [4.78, 5) is 8.77. The molecule has 0 aliphatic carbocycles. The fraction of sp³-hybridized carbons (Fsp3) is 0.412. The van der Waals surface area contributed by atoms with Gasteiger partial charge in [0.2, 0.25) is 5.88 Å². The number of hydrogen-bond donors (Lipinski definition) is 2. The van der Waals surface area contributed by atoms with Crippen LogP contribution in [-0.4, -0.2) is 47.1 Å². The molecule has 10 heteroatoms. The summed E-state index contributed by atoms with van der Waals surface area (Å²) >= 11 is 2.71. The average molecular weight is 414 g/mol. The molecule has 0 saturated carbocycles. The van der Waals surface area contributed by atoms with Gasteiger partial charge in [-0.15, -0.1) is 0 Å². The molecule has 0 radical (unpaired) electrons. The zero-order valence-electron chi connectivity index (χ0n) is 14.9. The molecule has 27 heavy (non-hydrogen) atoms. The maximum atomic E-state index is 13.8. The quantitative estimate of drug-likeness (QED) is 0.388. The summed E-state index contributed by atoms with van der Waals surface area (Å²) in [7, 11) is 0. The number of nitrogens with one attached hydrogen (secondary N) is 2. The summed E-state index contributed by atoms with van der Waals surface area (Å²) in [6.07, 6.45) is 0. The van der Waals surface area contributed by atoms with E-state index in [1.54, 1.807) is 12.1 Å². The lowest BCUT2D eigenvalue weighted by Crippen LogP contribution is -2.40. The van der Waals surface area contributed by atoms with Crippen LogP contribution in [0.25, 0.3) is 0 Å². The standard InChI is InChI=1S/C17H21F2N5OS2/c1-2-25-15-10-14(23-27-24-8-6-20-7-9-24)21-17(22-15)26-11-12-4-3-5-13(18)16(12)19/h3-5,10,20H,2,6-9,11H2,1H3,(H,21,22,23). The van der Waals surface area contributed by atoms with Crippen molar-refractivity contribution >= 4 is 29.7 Å². The Morgan fingerprint density at radius 3 is 2.85 bits per heavy atom. The van der Waals surface area contributed by atoms with Gasteiger partial charge in [0.1, 0.15) is 5.82 Å². The molecule has 0 amide bonds. The van der Waals surface area contributed by atoms with Crippen LogP contribution in [0.5, 0.6) is 5.88 Å². The smallest absolute Gasteiger partial charge is 0.219 e. The summed E-state index contributed by atoms with van der Waals surface area (Å²) in [6.45, 7) is 6.11. The lowest BCUT2D eigenvalue weighted by molar-refractivity contribution is 0.323. The van der Waals surface area contributed by atoms with Gasteiger partial charge in [-0.1, -0.05) is 23.9 Å². The largest absolute Gasteiger partial charge is 0.478 e. The lowest BCUT2D eigenvalue weighted by atomic mass is 10.2. The Hall–Kier alpha value is -1.62. The predicted molar refractivity (Wildman–Crippen MR) is 105 cm³/mol. The Balaban J connectivity index is 1.67. The number of thioether (sulfide) groups is 1. The molecule has 2 heterocycles. The summed E-state index contributed by atoms with van der Waals surface area (Å²) in [6, 6.07) is 5.87. The van der Waals surface area contributed by atoms with Crippen molar-refractivity contribution in [1.82, 2.24) is 19.6 Å². The third-order valence-electron chi connectivity index (χ3n) is 3.72. The highest BCUT2D eigenvalue weighted by atomic mass is 32.2. The molecule has 0 spiro atoms. The van der Waals surface area contributed by atoms with E-state index in [4.69, 9.17) is 4.74 Å². The Kier molecular flexibility index (Phi) is 7.50. The molecule has 3 rings (SSSR count). The van der Waals surface area contributed by atoms with Gasteiger partial charge in [0.25, 0.3) is 0 Å². The van der Waals surface area contributed by atoms with E-state index in [1.165, 1.54) is 30.0 Å². The van der Waals surface area contributed by atoms with Gasteiger partial charge in [-0.2, -0.15) is 4.98 Å². The molecule has 1 saturated heterocycles. The van der Waals surface area contributed by atoms with Crippen molar-refractivity contribution in [3.8, 4) is 5.88 Å². The Labute approximate surface area is 165 Å². The van der Waals surface area contributed by atoms with E-state index in [-0.39, 0.29) is 11.3 Å². The van der Waals surface area contributed by atoms with E-state index in [9.17, 15) is 8.78 Å². The van der Waals surface area contributed by atoms with Crippen molar-refractivity contribution in [2.24, 2.45) is 0 Å². The maximum absolute atomic E-state index is 13.8. The van der Waals surface area contributed by atoms with Gasteiger partial charge in [0.05, 0.1) is 6.61 Å². The molecule has 2 N–H and O–H groups in total. The van der Waals surface area contributed by atoms with Gasteiger partial charge < -0.3 is 14.8 Å². The molecular formula is C17H21F2N5OS2. The zero-order valence-corrected chi connectivity index (χ0v) is 16.5. The number of nitrogens with zero attached hydrogens (tertiary/aromatic N) is 3. The number of benzene rings is 1. The second-order valence-corrected chi connectivity index (χ2v) is 7.53. The topological polar surface area (TPSA) is 62.3 Å². The average Bonchev–Trinajstić information content (AvgIpc) is 2.68. The van der Waals surface area contributed by atoms with Crippen LogP contribution in [0.4, 0.5) is 14.6 Å². The first kappa shape index (κ1) is 20.1. The molecule has 0 unspecified atom stereocenters. The van der Waals surface area contributed by atoms with Crippen LogP contribution in [0.1, 0.15) is 12.5 Å². The summed E-state index contributed by atoms with van der Waals surface area (Å²) in [5.74, 6) is -0.411. The normalized spacial score (nSPS) is 14.9. The minimum Gasteiger partial charge on any atom is -0.478 e. The summed E-state index contributed by atoms with van der Waals surface area (Å²) in [5.41, 5.74) is 0.273. The van der Waals surface area contributed by atoms with Crippen LogP contribution >= 0.6 is 23.9 Å². The van der Waals surface area contributed by atoms with Crippen LogP contribution in [-0.2, 0) is 5.75 Å². The number of piperazine rings is 1. The Morgan fingerprint density at radius 1 is 1.26 bits per heavy atom. The summed E-state index contributed by atoms with van der Waals surface area (Å²) in [5, 5.41) is 3.74. The second kappa shape index (κ2) is 10.1. The molecule has 146 valence electrons. The Bertz CT molecular complexity index is 762. The molecule has 0 atom stereocenters. The molecule has 0 bridgehead atoms. The van der Waals surface area contributed by atoms with Gasteiger partial charge in [-0.25, -0.2) is 18.1 Å².